The Morgan fingerprint density at radius 1 is 0.857 bits per heavy atom. The topological polar surface area (TPSA) is 46.2 Å². The first-order valence-electron chi connectivity index (χ1n) is 9.39. The molecule has 4 rings (SSSR count). The van der Waals surface area contributed by atoms with Crippen LogP contribution in [0, 0.1) is 34.5 Å². The summed E-state index contributed by atoms with van der Waals surface area (Å²) < 4.78 is 0. The predicted octanol–water partition coefficient (Wildman–Crippen LogP) is 3.72. The predicted molar refractivity (Wildman–Crippen MR) is 85.7 cm³/mol. The number of hydrogen-bond donors (Lipinski definition) is 2. The van der Waals surface area contributed by atoms with Gasteiger partial charge in [0.1, 0.15) is 0 Å². The number of hydrogen-bond acceptors (Lipinski definition) is 2. The average molecular weight is 291 g/mol. The van der Waals surface area contributed by atoms with Crippen LogP contribution in [0.2, 0.25) is 0 Å². The molecule has 21 heavy (non-hydrogen) atoms. The molecule has 0 heterocycles. The maximum atomic E-state index is 10.1. The van der Waals surface area contributed by atoms with Gasteiger partial charge in [-0.05, 0) is 92.3 Å². The molecule has 0 aromatic carbocycles. The van der Waals surface area contributed by atoms with E-state index in [1.54, 1.807) is 0 Å². The average Bonchev–Trinajstić information content (AvgIpc) is 2.76. The van der Waals surface area contributed by atoms with Crippen LogP contribution in [0.1, 0.15) is 71.6 Å². The highest BCUT2D eigenvalue weighted by Crippen LogP contribution is 2.65. The maximum Gasteiger partial charge on any atom is 0.0543 e. The lowest BCUT2D eigenvalue weighted by Gasteiger charge is -2.60. The Morgan fingerprint density at radius 2 is 1.57 bits per heavy atom. The summed E-state index contributed by atoms with van der Waals surface area (Å²) in [6, 6.07) is 0.446. The Bertz CT molecular complexity index is 424. The highest BCUT2D eigenvalue weighted by Gasteiger charge is 2.59. The van der Waals surface area contributed by atoms with Gasteiger partial charge in [-0.15, -0.1) is 0 Å². The maximum absolute atomic E-state index is 10.1. The van der Waals surface area contributed by atoms with Crippen LogP contribution in [0.15, 0.2) is 0 Å². The molecule has 0 bridgehead atoms. The van der Waals surface area contributed by atoms with Gasteiger partial charge in [0.05, 0.1) is 6.10 Å². The van der Waals surface area contributed by atoms with Crippen molar-refractivity contribution in [1.82, 2.24) is 0 Å². The zero-order valence-corrected chi connectivity index (χ0v) is 13.9. The lowest BCUT2D eigenvalue weighted by molar-refractivity contribution is -0.122. The Hall–Kier alpha value is -0.0800. The Kier molecular flexibility index (Phi) is 3.25. The lowest BCUT2D eigenvalue weighted by Crippen LogP contribution is -2.55. The molecule has 2 heteroatoms. The molecule has 0 aliphatic heterocycles. The summed E-state index contributed by atoms with van der Waals surface area (Å²) >= 11 is 0. The quantitative estimate of drug-likeness (QED) is 0.714. The molecule has 0 aromatic rings. The molecule has 0 aromatic heterocycles. The number of rotatable bonds is 0. The fourth-order valence-corrected chi connectivity index (χ4v) is 7.28. The largest absolute Gasteiger partial charge is 0.393 e. The molecule has 0 radical (unpaired) electrons. The third kappa shape index (κ3) is 1.91. The molecular weight excluding hydrogens is 258 g/mol. The minimum absolute atomic E-state index is 0.0200. The first-order chi connectivity index (χ1) is 9.95. The fourth-order valence-electron chi connectivity index (χ4n) is 7.28. The van der Waals surface area contributed by atoms with Crippen molar-refractivity contribution in [3.8, 4) is 0 Å². The number of aliphatic hydroxyl groups excluding tert-OH is 1. The standard InChI is InChI=1S/C19H33NO/c1-18-9-7-13(21)11-12(18)3-4-14-15-5-6-17(20)19(15,2)10-8-16(14)18/h12-17,21H,3-11,20H2,1-2H3/t12-,13?,14?,15?,16?,17+,18-,19-/m0/s1. The van der Waals surface area contributed by atoms with Crippen LogP contribution in [0.4, 0.5) is 0 Å². The Labute approximate surface area is 129 Å². The minimum atomic E-state index is -0.0200. The summed E-state index contributed by atoms with van der Waals surface area (Å²) in [6.45, 7) is 5.06. The zero-order valence-electron chi connectivity index (χ0n) is 13.9. The van der Waals surface area contributed by atoms with E-state index in [2.05, 4.69) is 13.8 Å². The van der Waals surface area contributed by atoms with Crippen LogP contribution in [0.25, 0.3) is 0 Å². The van der Waals surface area contributed by atoms with Gasteiger partial charge in [0.15, 0.2) is 0 Å². The minimum Gasteiger partial charge on any atom is -0.393 e. The van der Waals surface area contributed by atoms with Crippen LogP contribution in [-0.4, -0.2) is 17.3 Å². The normalized spacial score (nSPS) is 60.0. The summed E-state index contributed by atoms with van der Waals surface area (Å²) in [5, 5.41) is 10.1. The van der Waals surface area contributed by atoms with Gasteiger partial charge in [0.2, 0.25) is 0 Å². The fraction of sp³-hybridized carbons (Fsp3) is 1.00. The first-order valence-corrected chi connectivity index (χ1v) is 9.39. The van der Waals surface area contributed by atoms with Crippen molar-refractivity contribution in [2.24, 2.45) is 40.2 Å². The first kappa shape index (κ1) is 14.5. The van der Waals surface area contributed by atoms with E-state index >= 15 is 0 Å². The molecular formula is C19H33NO. The van der Waals surface area contributed by atoms with Gasteiger partial charge < -0.3 is 10.8 Å². The molecule has 0 spiro atoms. The van der Waals surface area contributed by atoms with Gasteiger partial charge in [-0.2, -0.15) is 0 Å². The van der Waals surface area contributed by atoms with E-state index < -0.39 is 0 Å². The molecule has 0 amide bonds. The van der Waals surface area contributed by atoms with Crippen molar-refractivity contribution in [3.05, 3.63) is 0 Å². The summed E-state index contributed by atoms with van der Waals surface area (Å²) in [5.74, 6) is 3.50. The summed E-state index contributed by atoms with van der Waals surface area (Å²) in [6.07, 6.45) is 11.5. The second-order valence-electron chi connectivity index (χ2n) is 9.31. The van der Waals surface area contributed by atoms with Crippen molar-refractivity contribution in [2.75, 3.05) is 0 Å². The van der Waals surface area contributed by atoms with E-state index in [1.807, 2.05) is 0 Å². The number of fused-ring (bicyclic) bond motifs is 5. The van der Waals surface area contributed by atoms with E-state index in [1.165, 1.54) is 44.9 Å². The van der Waals surface area contributed by atoms with Crippen molar-refractivity contribution >= 4 is 0 Å². The van der Waals surface area contributed by atoms with Crippen LogP contribution in [0.5, 0.6) is 0 Å². The molecule has 120 valence electrons. The van der Waals surface area contributed by atoms with Crippen LogP contribution < -0.4 is 5.73 Å². The van der Waals surface area contributed by atoms with Crippen molar-refractivity contribution < 1.29 is 5.11 Å². The second-order valence-corrected chi connectivity index (χ2v) is 9.31. The van der Waals surface area contributed by atoms with E-state index in [0.717, 1.165) is 36.5 Å². The molecule has 0 saturated heterocycles. The summed E-state index contributed by atoms with van der Waals surface area (Å²) in [7, 11) is 0. The Morgan fingerprint density at radius 3 is 2.38 bits per heavy atom. The summed E-state index contributed by atoms with van der Waals surface area (Å²) in [5.41, 5.74) is 7.43. The third-order valence-electron chi connectivity index (χ3n) is 8.71. The highest BCUT2D eigenvalue weighted by molar-refractivity contribution is 5.10. The van der Waals surface area contributed by atoms with Crippen molar-refractivity contribution in [3.63, 3.8) is 0 Å². The van der Waals surface area contributed by atoms with Gasteiger partial charge in [0.25, 0.3) is 0 Å². The molecule has 4 unspecified atom stereocenters. The van der Waals surface area contributed by atoms with E-state index in [9.17, 15) is 5.11 Å². The van der Waals surface area contributed by atoms with Gasteiger partial charge in [-0.1, -0.05) is 13.8 Å². The van der Waals surface area contributed by atoms with Gasteiger partial charge in [-0.3, -0.25) is 0 Å². The monoisotopic (exact) mass is 291 g/mol. The third-order valence-corrected chi connectivity index (χ3v) is 8.71. The van der Waals surface area contributed by atoms with E-state index in [-0.39, 0.29) is 6.10 Å². The molecule has 4 fully saturated rings. The molecule has 2 nitrogen and oxygen atoms in total. The SMILES string of the molecule is C[C@]12CCC3C(CC[C@H]4CC(O)CC[C@]34C)C1CC[C@H]2N. The summed E-state index contributed by atoms with van der Waals surface area (Å²) in [4.78, 5) is 0. The molecule has 4 aliphatic carbocycles. The zero-order chi connectivity index (χ0) is 14.8. The number of nitrogens with two attached hydrogens (primary N) is 1. The smallest absolute Gasteiger partial charge is 0.0543 e. The molecule has 4 aliphatic rings. The van der Waals surface area contributed by atoms with Gasteiger partial charge >= 0.3 is 0 Å². The van der Waals surface area contributed by atoms with E-state index in [0.29, 0.717) is 16.9 Å². The van der Waals surface area contributed by atoms with Crippen LogP contribution >= 0.6 is 0 Å². The van der Waals surface area contributed by atoms with Gasteiger partial charge in [0, 0.05) is 6.04 Å². The van der Waals surface area contributed by atoms with Gasteiger partial charge in [-0.25, -0.2) is 0 Å². The van der Waals surface area contributed by atoms with Crippen molar-refractivity contribution in [2.45, 2.75) is 83.8 Å². The van der Waals surface area contributed by atoms with Crippen molar-refractivity contribution in [1.29, 1.82) is 0 Å². The lowest BCUT2D eigenvalue weighted by atomic mass is 9.45. The van der Waals surface area contributed by atoms with Crippen LogP contribution in [0.3, 0.4) is 0 Å². The second kappa shape index (κ2) is 4.71. The molecule has 3 N–H and O–H groups in total. The van der Waals surface area contributed by atoms with Crippen LogP contribution in [-0.2, 0) is 0 Å². The molecule has 4 saturated carbocycles. The Balaban J connectivity index is 1.62. The van der Waals surface area contributed by atoms with E-state index in [4.69, 9.17) is 5.73 Å². The highest BCUT2D eigenvalue weighted by atomic mass is 16.3. The number of aliphatic hydroxyl groups is 1. The molecule has 8 atom stereocenters.